The minimum atomic E-state index is -3.15. The Morgan fingerprint density at radius 2 is 1.83 bits per heavy atom. The molecule has 0 aromatic heterocycles. The number of hydrogen-bond acceptors (Lipinski definition) is 4. The lowest BCUT2D eigenvalue weighted by atomic mass is 10.2. The number of benzene rings is 1. The predicted molar refractivity (Wildman–Crippen MR) is 69.4 cm³/mol. The van der Waals surface area contributed by atoms with Gasteiger partial charge in [-0.2, -0.15) is 4.31 Å². The number of nitrogens with two attached hydrogens (primary N) is 1. The Morgan fingerprint density at radius 3 is 2.39 bits per heavy atom. The monoisotopic (exact) mass is 273 g/mol. The van der Waals surface area contributed by atoms with E-state index in [1.807, 2.05) is 4.90 Å². The van der Waals surface area contributed by atoms with Crippen molar-refractivity contribution in [1.82, 2.24) is 4.31 Å². The highest BCUT2D eigenvalue weighted by molar-refractivity contribution is 7.88. The lowest BCUT2D eigenvalue weighted by Crippen LogP contribution is -2.48. The first-order valence-electron chi connectivity index (χ1n) is 5.63. The number of rotatable bonds is 2. The molecule has 0 aliphatic carbocycles. The van der Waals surface area contributed by atoms with E-state index in [1.165, 1.54) is 28.8 Å². The number of sulfonamides is 1. The first-order valence-corrected chi connectivity index (χ1v) is 7.48. The SMILES string of the molecule is CS(=O)(=O)N1CCN(c2cc(F)ccc2N)CC1. The maximum absolute atomic E-state index is 13.2. The zero-order chi connectivity index (χ0) is 13.3. The highest BCUT2D eigenvalue weighted by atomic mass is 32.2. The molecule has 1 saturated heterocycles. The van der Waals surface area contributed by atoms with Crippen molar-refractivity contribution in [3.8, 4) is 0 Å². The van der Waals surface area contributed by atoms with Gasteiger partial charge in [-0.3, -0.25) is 0 Å². The van der Waals surface area contributed by atoms with Gasteiger partial charge in [0.1, 0.15) is 5.82 Å². The van der Waals surface area contributed by atoms with Gasteiger partial charge in [-0.1, -0.05) is 0 Å². The van der Waals surface area contributed by atoms with Gasteiger partial charge in [0.2, 0.25) is 10.0 Å². The molecule has 0 amide bonds. The van der Waals surface area contributed by atoms with Crippen molar-refractivity contribution < 1.29 is 12.8 Å². The van der Waals surface area contributed by atoms with E-state index in [-0.39, 0.29) is 5.82 Å². The van der Waals surface area contributed by atoms with Crippen molar-refractivity contribution in [2.24, 2.45) is 0 Å². The second kappa shape index (κ2) is 4.74. The molecule has 1 aliphatic rings. The highest BCUT2D eigenvalue weighted by Gasteiger charge is 2.24. The first kappa shape index (κ1) is 13.1. The maximum Gasteiger partial charge on any atom is 0.211 e. The van der Waals surface area contributed by atoms with Gasteiger partial charge in [-0.25, -0.2) is 12.8 Å². The summed E-state index contributed by atoms with van der Waals surface area (Å²) in [7, 11) is -3.15. The molecule has 1 heterocycles. The van der Waals surface area contributed by atoms with Crippen LogP contribution in [0, 0.1) is 5.82 Å². The van der Waals surface area contributed by atoms with Crippen LogP contribution in [0.5, 0.6) is 0 Å². The Bertz CT molecular complexity index is 539. The molecule has 2 N–H and O–H groups in total. The smallest absolute Gasteiger partial charge is 0.211 e. The molecule has 0 atom stereocenters. The van der Waals surface area contributed by atoms with Gasteiger partial charge in [-0.05, 0) is 18.2 Å². The molecule has 0 bridgehead atoms. The summed E-state index contributed by atoms with van der Waals surface area (Å²) in [5, 5.41) is 0. The predicted octanol–water partition coefficient (Wildman–Crippen LogP) is 0.490. The zero-order valence-corrected chi connectivity index (χ0v) is 11.0. The molecule has 0 radical (unpaired) electrons. The van der Waals surface area contributed by atoms with Crippen LogP contribution in [0.4, 0.5) is 15.8 Å². The van der Waals surface area contributed by atoms with Crippen molar-refractivity contribution in [3.63, 3.8) is 0 Å². The second-order valence-corrected chi connectivity index (χ2v) is 6.33. The van der Waals surface area contributed by atoms with E-state index in [2.05, 4.69) is 0 Å². The average Bonchev–Trinajstić information content (AvgIpc) is 2.31. The number of piperazine rings is 1. The van der Waals surface area contributed by atoms with Gasteiger partial charge < -0.3 is 10.6 Å². The van der Waals surface area contributed by atoms with E-state index >= 15 is 0 Å². The minimum absolute atomic E-state index is 0.343. The Hall–Kier alpha value is -1.34. The van der Waals surface area contributed by atoms with Crippen LogP contribution in [0.1, 0.15) is 0 Å². The summed E-state index contributed by atoms with van der Waals surface area (Å²) >= 11 is 0. The van der Waals surface area contributed by atoms with Crippen LogP contribution in [0.25, 0.3) is 0 Å². The molecule has 1 aromatic carbocycles. The number of anilines is 2. The van der Waals surface area contributed by atoms with Crippen molar-refractivity contribution in [2.75, 3.05) is 43.1 Å². The van der Waals surface area contributed by atoms with Crippen LogP contribution in [-0.4, -0.2) is 45.2 Å². The summed E-state index contributed by atoms with van der Waals surface area (Å²) in [6, 6.07) is 4.21. The summed E-state index contributed by atoms with van der Waals surface area (Å²) in [5.41, 5.74) is 6.93. The summed E-state index contributed by atoms with van der Waals surface area (Å²) in [6.45, 7) is 1.82. The molecule has 100 valence electrons. The molecule has 18 heavy (non-hydrogen) atoms. The van der Waals surface area contributed by atoms with E-state index < -0.39 is 10.0 Å². The van der Waals surface area contributed by atoms with E-state index in [4.69, 9.17) is 5.73 Å². The standard InChI is InChI=1S/C11H16FN3O2S/c1-18(16,17)15-6-4-14(5-7-15)11-8-9(12)2-3-10(11)13/h2-3,8H,4-7,13H2,1H3. The largest absolute Gasteiger partial charge is 0.397 e. The molecule has 5 nitrogen and oxygen atoms in total. The lowest BCUT2D eigenvalue weighted by Gasteiger charge is -2.35. The maximum atomic E-state index is 13.2. The normalized spacial score (nSPS) is 18.0. The molecule has 7 heteroatoms. The molecule has 0 saturated carbocycles. The van der Waals surface area contributed by atoms with Crippen LogP contribution < -0.4 is 10.6 Å². The zero-order valence-electron chi connectivity index (χ0n) is 10.1. The van der Waals surface area contributed by atoms with E-state index in [9.17, 15) is 12.8 Å². The highest BCUT2D eigenvalue weighted by Crippen LogP contribution is 2.25. The minimum Gasteiger partial charge on any atom is -0.397 e. The van der Waals surface area contributed by atoms with Gasteiger partial charge in [0, 0.05) is 26.2 Å². The molecule has 1 aliphatic heterocycles. The van der Waals surface area contributed by atoms with E-state index in [0.29, 0.717) is 37.6 Å². The van der Waals surface area contributed by atoms with Crippen LogP contribution in [0.3, 0.4) is 0 Å². The topological polar surface area (TPSA) is 66.6 Å². The fourth-order valence-electron chi connectivity index (χ4n) is 2.05. The third-order valence-corrected chi connectivity index (χ3v) is 4.34. The van der Waals surface area contributed by atoms with Gasteiger partial charge in [-0.15, -0.1) is 0 Å². The molecule has 0 unspecified atom stereocenters. The van der Waals surface area contributed by atoms with Crippen molar-refractivity contribution >= 4 is 21.4 Å². The number of hydrogen-bond donors (Lipinski definition) is 1. The fraction of sp³-hybridized carbons (Fsp3) is 0.455. The van der Waals surface area contributed by atoms with Gasteiger partial charge in [0.25, 0.3) is 0 Å². The van der Waals surface area contributed by atoms with Gasteiger partial charge >= 0.3 is 0 Å². The summed E-state index contributed by atoms with van der Waals surface area (Å²) in [5.74, 6) is -0.343. The van der Waals surface area contributed by atoms with E-state index in [1.54, 1.807) is 0 Å². The Morgan fingerprint density at radius 1 is 1.22 bits per heavy atom. The quantitative estimate of drug-likeness (QED) is 0.796. The lowest BCUT2D eigenvalue weighted by molar-refractivity contribution is 0.388. The van der Waals surface area contributed by atoms with Crippen molar-refractivity contribution in [3.05, 3.63) is 24.0 Å². The van der Waals surface area contributed by atoms with Crippen molar-refractivity contribution in [2.45, 2.75) is 0 Å². The molecular weight excluding hydrogens is 257 g/mol. The number of nitrogens with zero attached hydrogens (tertiary/aromatic N) is 2. The van der Waals surface area contributed by atoms with Gasteiger partial charge in [0.05, 0.1) is 17.6 Å². The van der Waals surface area contributed by atoms with Crippen LogP contribution in [0.15, 0.2) is 18.2 Å². The Labute approximate surface area is 106 Å². The third kappa shape index (κ3) is 2.73. The first-order chi connectivity index (χ1) is 8.38. The number of nitrogen functional groups attached to an aromatic ring is 1. The molecule has 1 fully saturated rings. The van der Waals surface area contributed by atoms with Crippen LogP contribution >= 0.6 is 0 Å². The summed E-state index contributed by atoms with van der Waals surface area (Å²) in [4.78, 5) is 1.90. The van der Waals surface area contributed by atoms with E-state index in [0.717, 1.165) is 0 Å². The summed E-state index contributed by atoms with van der Waals surface area (Å²) in [6.07, 6.45) is 1.19. The number of halogens is 1. The van der Waals surface area contributed by atoms with Gasteiger partial charge in [0.15, 0.2) is 0 Å². The molecule has 1 aromatic rings. The molecule has 2 rings (SSSR count). The second-order valence-electron chi connectivity index (χ2n) is 4.35. The average molecular weight is 273 g/mol. The molecule has 0 spiro atoms. The Kier molecular flexibility index (Phi) is 3.45. The van der Waals surface area contributed by atoms with Crippen molar-refractivity contribution in [1.29, 1.82) is 0 Å². The third-order valence-electron chi connectivity index (χ3n) is 3.04. The fourth-order valence-corrected chi connectivity index (χ4v) is 2.88. The van der Waals surface area contributed by atoms with Crippen LogP contribution in [0.2, 0.25) is 0 Å². The molecular formula is C11H16FN3O2S. The Balaban J connectivity index is 2.12. The summed E-state index contributed by atoms with van der Waals surface area (Å²) < 4.78 is 37.3. The van der Waals surface area contributed by atoms with Crippen LogP contribution in [-0.2, 0) is 10.0 Å².